The summed E-state index contributed by atoms with van der Waals surface area (Å²) in [6, 6.07) is 7.68. The van der Waals surface area contributed by atoms with E-state index in [4.69, 9.17) is 21.1 Å². The molecule has 0 aliphatic carbocycles. The SMILES string of the molecule is COC(CNC(=O)CCCc1ccc(Cl)cc1)OC. The van der Waals surface area contributed by atoms with Crippen LogP contribution in [0.1, 0.15) is 18.4 Å². The molecule has 0 aliphatic rings. The molecule has 0 saturated carbocycles. The van der Waals surface area contributed by atoms with Crippen molar-refractivity contribution in [1.29, 1.82) is 0 Å². The lowest BCUT2D eigenvalue weighted by Gasteiger charge is -2.13. The Morgan fingerprint density at radius 1 is 1.26 bits per heavy atom. The summed E-state index contributed by atoms with van der Waals surface area (Å²) >= 11 is 5.81. The number of carbonyl (C=O) groups is 1. The molecule has 106 valence electrons. The lowest BCUT2D eigenvalue weighted by molar-refractivity contribution is -0.127. The van der Waals surface area contributed by atoms with Gasteiger partial charge < -0.3 is 14.8 Å². The number of ether oxygens (including phenoxy) is 2. The van der Waals surface area contributed by atoms with Gasteiger partial charge in [0.15, 0.2) is 6.29 Å². The maximum Gasteiger partial charge on any atom is 0.220 e. The minimum Gasteiger partial charge on any atom is -0.354 e. The molecule has 0 saturated heterocycles. The van der Waals surface area contributed by atoms with E-state index in [1.54, 1.807) is 14.2 Å². The molecule has 0 bridgehead atoms. The number of rotatable bonds is 8. The van der Waals surface area contributed by atoms with Crippen molar-refractivity contribution >= 4 is 17.5 Å². The van der Waals surface area contributed by atoms with Gasteiger partial charge in [0.05, 0.1) is 6.54 Å². The molecule has 1 aromatic carbocycles. The van der Waals surface area contributed by atoms with Crippen LogP contribution >= 0.6 is 11.6 Å². The van der Waals surface area contributed by atoms with Crippen molar-refractivity contribution in [3.05, 3.63) is 34.9 Å². The first-order chi connectivity index (χ1) is 9.15. The minimum atomic E-state index is -0.389. The third-order valence-corrected chi connectivity index (χ3v) is 3.03. The van der Waals surface area contributed by atoms with Gasteiger partial charge in [0.25, 0.3) is 0 Å². The molecule has 19 heavy (non-hydrogen) atoms. The van der Waals surface area contributed by atoms with Gasteiger partial charge in [-0.05, 0) is 30.5 Å². The molecule has 0 fully saturated rings. The predicted octanol–water partition coefficient (Wildman–Crippen LogP) is 2.40. The van der Waals surface area contributed by atoms with E-state index >= 15 is 0 Å². The van der Waals surface area contributed by atoms with E-state index in [1.807, 2.05) is 24.3 Å². The number of hydrogen-bond donors (Lipinski definition) is 1. The maximum absolute atomic E-state index is 11.6. The number of carbonyl (C=O) groups excluding carboxylic acids is 1. The largest absolute Gasteiger partial charge is 0.354 e. The summed E-state index contributed by atoms with van der Waals surface area (Å²) in [5.41, 5.74) is 1.18. The van der Waals surface area contributed by atoms with Crippen molar-refractivity contribution in [2.75, 3.05) is 20.8 Å². The molecule has 1 aromatic rings. The van der Waals surface area contributed by atoms with E-state index in [1.165, 1.54) is 5.56 Å². The Labute approximate surface area is 119 Å². The standard InChI is InChI=1S/C14H20ClNO3/c1-18-14(19-2)10-16-13(17)5-3-4-11-6-8-12(15)9-7-11/h6-9,14H,3-5,10H2,1-2H3,(H,16,17). The zero-order valence-corrected chi connectivity index (χ0v) is 12.1. The zero-order valence-electron chi connectivity index (χ0n) is 11.3. The Morgan fingerprint density at radius 3 is 2.47 bits per heavy atom. The molecule has 0 aliphatic heterocycles. The quantitative estimate of drug-likeness (QED) is 0.746. The average Bonchev–Trinajstić information content (AvgIpc) is 2.42. The van der Waals surface area contributed by atoms with Gasteiger partial charge in [-0.1, -0.05) is 23.7 Å². The van der Waals surface area contributed by atoms with Crippen LogP contribution in [0.5, 0.6) is 0 Å². The second-order valence-electron chi connectivity index (χ2n) is 4.19. The highest BCUT2D eigenvalue weighted by atomic mass is 35.5. The monoisotopic (exact) mass is 285 g/mol. The van der Waals surface area contributed by atoms with Crippen molar-refractivity contribution in [1.82, 2.24) is 5.32 Å². The van der Waals surface area contributed by atoms with Crippen LogP contribution in [0.3, 0.4) is 0 Å². The van der Waals surface area contributed by atoms with Gasteiger partial charge in [0.2, 0.25) is 5.91 Å². The normalized spacial score (nSPS) is 10.7. The maximum atomic E-state index is 11.6. The Balaban J connectivity index is 2.18. The van der Waals surface area contributed by atoms with E-state index in [2.05, 4.69) is 5.32 Å². The first-order valence-electron chi connectivity index (χ1n) is 6.22. The molecular formula is C14H20ClNO3. The summed E-state index contributed by atoms with van der Waals surface area (Å²) in [4.78, 5) is 11.6. The van der Waals surface area contributed by atoms with Crippen molar-refractivity contribution < 1.29 is 14.3 Å². The number of aryl methyl sites for hydroxylation is 1. The summed E-state index contributed by atoms with van der Waals surface area (Å²) in [5, 5.41) is 3.50. The fraction of sp³-hybridized carbons (Fsp3) is 0.500. The van der Waals surface area contributed by atoms with Gasteiger partial charge in [0, 0.05) is 25.7 Å². The number of halogens is 1. The van der Waals surface area contributed by atoms with E-state index in [-0.39, 0.29) is 12.2 Å². The molecule has 1 N–H and O–H groups in total. The van der Waals surface area contributed by atoms with E-state index < -0.39 is 0 Å². The van der Waals surface area contributed by atoms with Crippen molar-refractivity contribution in [2.24, 2.45) is 0 Å². The molecule has 0 aromatic heterocycles. The van der Waals surface area contributed by atoms with Crippen molar-refractivity contribution in [2.45, 2.75) is 25.6 Å². The smallest absolute Gasteiger partial charge is 0.220 e. The highest BCUT2D eigenvalue weighted by molar-refractivity contribution is 6.30. The van der Waals surface area contributed by atoms with E-state index in [0.29, 0.717) is 13.0 Å². The minimum absolute atomic E-state index is 0.00747. The van der Waals surface area contributed by atoms with Crippen LogP contribution in [0.15, 0.2) is 24.3 Å². The fourth-order valence-electron chi connectivity index (χ4n) is 1.65. The van der Waals surface area contributed by atoms with Gasteiger partial charge in [-0.3, -0.25) is 4.79 Å². The van der Waals surface area contributed by atoms with Crippen molar-refractivity contribution in [3.63, 3.8) is 0 Å². The van der Waals surface area contributed by atoms with Crippen LogP contribution in [-0.4, -0.2) is 33.0 Å². The summed E-state index contributed by atoms with van der Waals surface area (Å²) in [7, 11) is 3.09. The van der Waals surface area contributed by atoms with Gasteiger partial charge in [-0.25, -0.2) is 0 Å². The molecule has 5 heteroatoms. The Bertz CT molecular complexity index is 377. The highest BCUT2D eigenvalue weighted by Crippen LogP contribution is 2.11. The first-order valence-corrected chi connectivity index (χ1v) is 6.60. The summed E-state index contributed by atoms with van der Waals surface area (Å²) < 4.78 is 9.97. The fourth-order valence-corrected chi connectivity index (χ4v) is 1.78. The summed E-state index contributed by atoms with van der Waals surface area (Å²) in [6.45, 7) is 0.368. The molecule has 1 amide bonds. The third-order valence-electron chi connectivity index (χ3n) is 2.77. The number of benzene rings is 1. The number of hydrogen-bond acceptors (Lipinski definition) is 3. The predicted molar refractivity (Wildman–Crippen MR) is 75.2 cm³/mol. The van der Waals surface area contributed by atoms with Crippen LogP contribution < -0.4 is 5.32 Å². The lowest BCUT2D eigenvalue weighted by Crippen LogP contribution is -2.34. The average molecular weight is 286 g/mol. The van der Waals surface area contributed by atoms with Crippen LogP contribution in [0, 0.1) is 0 Å². The second-order valence-corrected chi connectivity index (χ2v) is 4.62. The first kappa shape index (κ1) is 16.0. The summed E-state index contributed by atoms with van der Waals surface area (Å²) in [5.74, 6) is 0.00747. The van der Waals surface area contributed by atoms with Crippen LogP contribution in [0.4, 0.5) is 0 Å². The Morgan fingerprint density at radius 2 is 1.89 bits per heavy atom. The molecule has 0 spiro atoms. The molecule has 0 heterocycles. The van der Waals surface area contributed by atoms with E-state index in [0.717, 1.165) is 17.9 Å². The second kappa shape index (κ2) is 8.91. The highest BCUT2D eigenvalue weighted by Gasteiger charge is 2.07. The van der Waals surface area contributed by atoms with Crippen LogP contribution in [0.2, 0.25) is 5.02 Å². The van der Waals surface area contributed by atoms with Crippen LogP contribution in [-0.2, 0) is 20.7 Å². The van der Waals surface area contributed by atoms with Crippen molar-refractivity contribution in [3.8, 4) is 0 Å². The Hall–Kier alpha value is -1.10. The van der Waals surface area contributed by atoms with Crippen LogP contribution in [0.25, 0.3) is 0 Å². The molecule has 0 radical (unpaired) electrons. The number of nitrogens with one attached hydrogen (secondary N) is 1. The molecule has 0 unspecified atom stereocenters. The number of methoxy groups -OCH3 is 2. The lowest BCUT2D eigenvalue weighted by atomic mass is 10.1. The Kier molecular flexibility index (Phi) is 7.48. The summed E-state index contributed by atoms with van der Waals surface area (Å²) in [6.07, 6.45) is 1.77. The van der Waals surface area contributed by atoms with Gasteiger partial charge >= 0.3 is 0 Å². The van der Waals surface area contributed by atoms with Gasteiger partial charge in [-0.15, -0.1) is 0 Å². The molecule has 4 nitrogen and oxygen atoms in total. The number of amides is 1. The zero-order chi connectivity index (χ0) is 14.1. The third kappa shape index (κ3) is 6.57. The molecule has 1 rings (SSSR count). The molecule has 0 atom stereocenters. The molecular weight excluding hydrogens is 266 g/mol. The van der Waals surface area contributed by atoms with Gasteiger partial charge in [0.1, 0.15) is 0 Å². The van der Waals surface area contributed by atoms with E-state index in [9.17, 15) is 4.79 Å². The topological polar surface area (TPSA) is 47.6 Å². The van der Waals surface area contributed by atoms with Gasteiger partial charge in [-0.2, -0.15) is 0 Å².